The first kappa shape index (κ1) is 8.32. The van der Waals surface area contributed by atoms with Crippen molar-refractivity contribution in [1.29, 1.82) is 0 Å². The zero-order chi connectivity index (χ0) is 9.14. The van der Waals surface area contributed by atoms with Gasteiger partial charge in [0.25, 0.3) is 0 Å². The Balaban J connectivity index is 2.96. The van der Waals surface area contributed by atoms with E-state index >= 15 is 0 Å². The van der Waals surface area contributed by atoms with Crippen LogP contribution in [0, 0.1) is 0 Å². The summed E-state index contributed by atoms with van der Waals surface area (Å²) in [5.74, 6) is -4.55. The molecule has 0 aromatic carbocycles. The van der Waals surface area contributed by atoms with Crippen LogP contribution >= 0.6 is 0 Å². The fourth-order valence-corrected chi connectivity index (χ4v) is 0.805. The Kier molecular flexibility index (Phi) is 2.14. The molecule has 0 aliphatic carbocycles. The van der Waals surface area contributed by atoms with Crippen molar-refractivity contribution < 1.29 is 24.2 Å². The average Bonchev–Trinajstić information content (AvgIpc) is 2.37. The van der Waals surface area contributed by atoms with E-state index < -0.39 is 17.9 Å². The van der Waals surface area contributed by atoms with Gasteiger partial charge in [0.1, 0.15) is 5.76 Å². The van der Waals surface area contributed by atoms with Gasteiger partial charge in [-0.25, -0.2) is 0 Å². The molecule has 0 amide bonds. The highest BCUT2D eigenvalue weighted by Crippen LogP contribution is 2.16. The predicted molar refractivity (Wildman–Crippen MR) is 36.7 cm³/mol. The molecular formula is C7H6O5. The third kappa shape index (κ3) is 1.45. The molecule has 2 N–H and O–H groups in total. The molecule has 1 rings (SSSR count). The van der Waals surface area contributed by atoms with Crippen molar-refractivity contribution in [2.24, 2.45) is 0 Å². The molecule has 12 heavy (non-hydrogen) atoms. The summed E-state index contributed by atoms with van der Waals surface area (Å²) in [4.78, 5) is 20.8. The Morgan fingerprint density at radius 2 is 1.92 bits per heavy atom. The lowest BCUT2D eigenvalue weighted by molar-refractivity contribution is -0.150. The molecule has 1 aromatic rings. The Morgan fingerprint density at radius 1 is 1.33 bits per heavy atom. The summed E-state index contributed by atoms with van der Waals surface area (Å²) in [6.07, 6.45) is 1.23. The van der Waals surface area contributed by atoms with Gasteiger partial charge >= 0.3 is 11.9 Å². The predicted octanol–water partition coefficient (Wildman–Crippen LogP) is 0.532. The summed E-state index contributed by atoms with van der Waals surface area (Å²) in [6, 6.07) is 2.75. The molecule has 0 aliphatic rings. The van der Waals surface area contributed by atoms with Crippen molar-refractivity contribution in [1.82, 2.24) is 0 Å². The van der Waals surface area contributed by atoms with Crippen molar-refractivity contribution in [2.75, 3.05) is 0 Å². The van der Waals surface area contributed by atoms with Crippen LogP contribution in [0.5, 0.6) is 0 Å². The number of hydrogen-bond donors (Lipinski definition) is 2. The van der Waals surface area contributed by atoms with Gasteiger partial charge in [-0.05, 0) is 12.1 Å². The average molecular weight is 170 g/mol. The van der Waals surface area contributed by atoms with E-state index in [-0.39, 0.29) is 5.76 Å². The zero-order valence-electron chi connectivity index (χ0n) is 5.93. The van der Waals surface area contributed by atoms with Gasteiger partial charge in [0.05, 0.1) is 6.26 Å². The van der Waals surface area contributed by atoms with Crippen LogP contribution in [0.2, 0.25) is 0 Å². The Labute approximate surface area is 67.2 Å². The smallest absolute Gasteiger partial charge is 0.325 e. The van der Waals surface area contributed by atoms with E-state index in [1.807, 2.05) is 0 Å². The van der Waals surface area contributed by atoms with E-state index in [1.54, 1.807) is 0 Å². The van der Waals surface area contributed by atoms with Gasteiger partial charge in [0.2, 0.25) is 5.92 Å². The number of rotatable bonds is 3. The summed E-state index contributed by atoms with van der Waals surface area (Å²) < 4.78 is 4.66. The first-order valence-electron chi connectivity index (χ1n) is 3.12. The first-order chi connectivity index (χ1) is 5.63. The number of carbonyl (C=O) groups is 2. The Morgan fingerprint density at radius 3 is 2.25 bits per heavy atom. The number of hydrogen-bond acceptors (Lipinski definition) is 3. The summed E-state index contributed by atoms with van der Waals surface area (Å²) >= 11 is 0. The van der Waals surface area contributed by atoms with Crippen LogP contribution in [-0.4, -0.2) is 22.2 Å². The third-order valence-corrected chi connectivity index (χ3v) is 1.32. The van der Waals surface area contributed by atoms with Crippen LogP contribution in [0.1, 0.15) is 11.7 Å². The largest absolute Gasteiger partial charge is 0.480 e. The summed E-state index contributed by atoms with van der Waals surface area (Å²) in [5.41, 5.74) is 0. The minimum Gasteiger partial charge on any atom is -0.480 e. The van der Waals surface area contributed by atoms with Gasteiger partial charge in [0.15, 0.2) is 0 Å². The van der Waals surface area contributed by atoms with Crippen molar-refractivity contribution in [3.05, 3.63) is 24.2 Å². The summed E-state index contributed by atoms with van der Waals surface area (Å²) in [6.45, 7) is 0. The standard InChI is InChI=1S/C7H6O5/c8-6(9)5(7(10)11)4-2-1-3-12-4/h1-3,5H,(H,8,9)(H,10,11). The molecule has 0 saturated heterocycles. The van der Waals surface area contributed by atoms with Gasteiger partial charge in [-0.3, -0.25) is 9.59 Å². The Bertz CT molecular complexity index is 273. The fourth-order valence-electron chi connectivity index (χ4n) is 0.805. The van der Waals surface area contributed by atoms with E-state index in [0.29, 0.717) is 0 Å². The van der Waals surface area contributed by atoms with Crippen molar-refractivity contribution in [3.8, 4) is 0 Å². The molecule has 5 nitrogen and oxygen atoms in total. The first-order valence-corrected chi connectivity index (χ1v) is 3.12. The molecule has 1 aromatic heterocycles. The van der Waals surface area contributed by atoms with Crippen LogP contribution in [-0.2, 0) is 9.59 Å². The van der Waals surface area contributed by atoms with Crippen LogP contribution in [0.25, 0.3) is 0 Å². The van der Waals surface area contributed by atoms with Crippen LogP contribution in [0.15, 0.2) is 22.8 Å². The van der Waals surface area contributed by atoms with Crippen molar-refractivity contribution in [3.63, 3.8) is 0 Å². The Hall–Kier alpha value is -1.78. The van der Waals surface area contributed by atoms with E-state index in [9.17, 15) is 9.59 Å². The highest BCUT2D eigenvalue weighted by molar-refractivity contribution is 5.98. The second kappa shape index (κ2) is 3.08. The molecule has 5 heteroatoms. The topological polar surface area (TPSA) is 87.7 Å². The quantitative estimate of drug-likeness (QED) is 0.646. The number of aliphatic carboxylic acids is 2. The van der Waals surface area contributed by atoms with E-state index in [0.717, 1.165) is 0 Å². The molecule has 0 spiro atoms. The monoisotopic (exact) mass is 170 g/mol. The maximum Gasteiger partial charge on any atom is 0.325 e. The SMILES string of the molecule is O=C(O)C(C(=O)O)c1ccco1. The van der Waals surface area contributed by atoms with E-state index in [1.165, 1.54) is 18.4 Å². The zero-order valence-corrected chi connectivity index (χ0v) is 5.93. The molecule has 0 bridgehead atoms. The van der Waals surface area contributed by atoms with Gasteiger partial charge in [0, 0.05) is 0 Å². The van der Waals surface area contributed by atoms with Gasteiger partial charge in [-0.1, -0.05) is 0 Å². The van der Waals surface area contributed by atoms with E-state index in [2.05, 4.69) is 4.42 Å². The summed E-state index contributed by atoms with van der Waals surface area (Å²) in [5, 5.41) is 16.9. The highest BCUT2D eigenvalue weighted by atomic mass is 16.4. The summed E-state index contributed by atoms with van der Waals surface area (Å²) in [7, 11) is 0. The lowest BCUT2D eigenvalue weighted by atomic mass is 10.1. The lowest BCUT2D eigenvalue weighted by Gasteiger charge is -2.01. The molecule has 1 heterocycles. The number of carboxylic acids is 2. The van der Waals surface area contributed by atoms with Crippen LogP contribution in [0.4, 0.5) is 0 Å². The van der Waals surface area contributed by atoms with Gasteiger partial charge in [-0.2, -0.15) is 0 Å². The molecule has 0 unspecified atom stereocenters. The molecule has 0 saturated carbocycles. The minimum absolute atomic E-state index is 0.0741. The maximum absolute atomic E-state index is 10.4. The normalized spacial score (nSPS) is 10.1. The molecular weight excluding hydrogens is 164 g/mol. The third-order valence-electron chi connectivity index (χ3n) is 1.32. The van der Waals surface area contributed by atoms with Crippen molar-refractivity contribution in [2.45, 2.75) is 5.92 Å². The second-order valence-corrected chi connectivity index (χ2v) is 2.12. The molecule has 0 aliphatic heterocycles. The second-order valence-electron chi connectivity index (χ2n) is 2.12. The fraction of sp³-hybridized carbons (Fsp3) is 0.143. The molecule has 0 atom stereocenters. The molecule has 0 fully saturated rings. The number of carboxylic acid groups (broad SMARTS) is 2. The number of furan rings is 1. The van der Waals surface area contributed by atoms with E-state index in [4.69, 9.17) is 10.2 Å². The van der Waals surface area contributed by atoms with Crippen LogP contribution < -0.4 is 0 Å². The van der Waals surface area contributed by atoms with Gasteiger partial charge < -0.3 is 14.6 Å². The minimum atomic E-state index is -1.61. The van der Waals surface area contributed by atoms with Crippen molar-refractivity contribution >= 4 is 11.9 Å². The van der Waals surface area contributed by atoms with Gasteiger partial charge in [-0.15, -0.1) is 0 Å². The highest BCUT2D eigenvalue weighted by Gasteiger charge is 2.30. The van der Waals surface area contributed by atoms with Crippen LogP contribution in [0.3, 0.4) is 0 Å². The maximum atomic E-state index is 10.4. The molecule has 0 radical (unpaired) electrons. The molecule has 64 valence electrons. The lowest BCUT2D eigenvalue weighted by Crippen LogP contribution is -2.20.